The molecule has 0 aromatic heterocycles. The van der Waals surface area contributed by atoms with Gasteiger partial charge in [-0.15, -0.1) is 5.01 Å². The molecule has 7 heteroatoms. The van der Waals surface area contributed by atoms with E-state index in [1.54, 1.807) is 25.3 Å². The first-order valence-corrected chi connectivity index (χ1v) is 8.54. The molecular formula is C20H21N3O4. The van der Waals surface area contributed by atoms with Crippen LogP contribution in [0.2, 0.25) is 0 Å². The smallest absolute Gasteiger partial charge is 0.346 e. The van der Waals surface area contributed by atoms with Crippen LogP contribution in [0.5, 0.6) is 11.5 Å². The zero-order valence-electron chi connectivity index (χ0n) is 15.4. The highest BCUT2D eigenvalue weighted by molar-refractivity contribution is 6.07. The van der Waals surface area contributed by atoms with Gasteiger partial charge < -0.3 is 14.8 Å². The Balaban J connectivity index is 1.89. The third-order valence-corrected chi connectivity index (χ3v) is 4.60. The summed E-state index contributed by atoms with van der Waals surface area (Å²) in [6.07, 6.45) is 1.86. The number of hydrazone groups is 1. The molecule has 0 radical (unpaired) electrons. The fraction of sp³-hybridized carbons (Fsp3) is 0.250. The average Bonchev–Trinajstić information content (AvgIpc) is 2.97. The van der Waals surface area contributed by atoms with Crippen LogP contribution < -0.4 is 14.8 Å². The fourth-order valence-electron chi connectivity index (χ4n) is 3.09. The Morgan fingerprint density at radius 1 is 1.07 bits per heavy atom. The van der Waals surface area contributed by atoms with Crippen molar-refractivity contribution in [3.63, 3.8) is 0 Å². The molecular weight excluding hydrogens is 346 g/mol. The van der Waals surface area contributed by atoms with E-state index in [4.69, 9.17) is 9.47 Å². The molecule has 7 nitrogen and oxygen atoms in total. The van der Waals surface area contributed by atoms with Gasteiger partial charge in [-0.1, -0.05) is 37.3 Å². The maximum absolute atomic E-state index is 13.0. The molecule has 1 N–H and O–H groups in total. The number of hydrogen-bond acceptors (Lipinski definition) is 5. The molecule has 1 fully saturated rings. The molecule has 2 aromatic rings. The highest BCUT2D eigenvalue weighted by Crippen LogP contribution is 2.32. The summed E-state index contributed by atoms with van der Waals surface area (Å²) in [7, 11) is 3.08. The van der Waals surface area contributed by atoms with Crippen molar-refractivity contribution in [3.8, 4) is 11.5 Å². The number of benzene rings is 2. The van der Waals surface area contributed by atoms with Crippen LogP contribution in [-0.2, 0) is 10.3 Å². The molecule has 0 aliphatic carbocycles. The van der Waals surface area contributed by atoms with Gasteiger partial charge in [-0.2, -0.15) is 5.10 Å². The summed E-state index contributed by atoms with van der Waals surface area (Å²) in [5.74, 6) is 0.711. The maximum Gasteiger partial charge on any atom is 0.346 e. The molecule has 1 aliphatic rings. The van der Waals surface area contributed by atoms with E-state index in [9.17, 15) is 9.59 Å². The minimum absolute atomic E-state index is 0.405. The minimum atomic E-state index is -1.10. The van der Waals surface area contributed by atoms with Crippen LogP contribution in [0.4, 0.5) is 4.79 Å². The Morgan fingerprint density at radius 2 is 1.78 bits per heavy atom. The predicted octanol–water partition coefficient (Wildman–Crippen LogP) is 2.90. The van der Waals surface area contributed by atoms with Crippen LogP contribution in [0.15, 0.2) is 53.6 Å². The quantitative estimate of drug-likeness (QED) is 0.629. The third-order valence-electron chi connectivity index (χ3n) is 4.60. The van der Waals surface area contributed by atoms with Crippen molar-refractivity contribution in [2.75, 3.05) is 14.2 Å². The van der Waals surface area contributed by atoms with Crippen molar-refractivity contribution in [1.82, 2.24) is 10.3 Å². The van der Waals surface area contributed by atoms with E-state index in [0.717, 1.165) is 10.6 Å². The number of rotatable bonds is 6. The second-order valence-corrected chi connectivity index (χ2v) is 6.03. The SMILES string of the molecule is CC[C@]1(c2ccccc2)NC(=O)N(/N=C\c2ccc(OC)c(OC)c2)C1=O. The van der Waals surface area contributed by atoms with Gasteiger partial charge in [-0.05, 0) is 35.7 Å². The molecule has 2 aromatic carbocycles. The van der Waals surface area contributed by atoms with Gasteiger partial charge in [0.2, 0.25) is 0 Å². The lowest BCUT2D eigenvalue weighted by Crippen LogP contribution is -2.43. The molecule has 1 aliphatic heterocycles. The van der Waals surface area contributed by atoms with E-state index >= 15 is 0 Å². The summed E-state index contributed by atoms with van der Waals surface area (Å²) >= 11 is 0. The van der Waals surface area contributed by atoms with E-state index in [1.165, 1.54) is 13.3 Å². The summed E-state index contributed by atoms with van der Waals surface area (Å²) in [4.78, 5) is 25.4. The van der Waals surface area contributed by atoms with Crippen LogP contribution in [0.3, 0.4) is 0 Å². The van der Waals surface area contributed by atoms with Gasteiger partial charge >= 0.3 is 6.03 Å². The Labute approximate surface area is 157 Å². The first-order chi connectivity index (χ1) is 13.1. The van der Waals surface area contributed by atoms with Gasteiger partial charge in [-0.25, -0.2) is 4.79 Å². The largest absolute Gasteiger partial charge is 0.493 e. The monoisotopic (exact) mass is 367 g/mol. The van der Waals surface area contributed by atoms with Crippen LogP contribution in [-0.4, -0.2) is 37.4 Å². The second kappa shape index (κ2) is 7.49. The Kier molecular flexibility index (Phi) is 5.12. The standard InChI is InChI=1S/C20H21N3O4/c1-4-20(15-8-6-5-7-9-15)18(24)23(19(25)22-20)21-13-14-10-11-16(26-2)17(12-14)27-3/h5-13H,4H2,1-3H3,(H,22,25)/b21-13-/t20-/m1/s1. The molecule has 140 valence electrons. The lowest BCUT2D eigenvalue weighted by molar-refractivity contribution is -0.131. The lowest BCUT2D eigenvalue weighted by Gasteiger charge is -2.24. The number of carbonyl (C=O) groups excluding carboxylic acids is 2. The van der Waals surface area contributed by atoms with Crippen LogP contribution in [0.1, 0.15) is 24.5 Å². The number of nitrogens with one attached hydrogen (secondary N) is 1. The van der Waals surface area contributed by atoms with E-state index in [2.05, 4.69) is 10.4 Å². The van der Waals surface area contributed by atoms with Gasteiger partial charge in [-0.3, -0.25) is 4.79 Å². The number of urea groups is 1. The van der Waals surface area contributed by atoms with Gasteiger partial charge in [0.1, 0.15) is 5.54 Å². The normalized spacial score (nSPS) is 19.4. The van der Waals surface area contributed by atoms with Crippen molar-refractivity contribution < 1.29 is 19.1 Å². The topological polar surface area (TPSA) is 80.2 Å². The highest BCUT2D eigenvalue weighted by Gasteiger charge is 2.51. The van der Waals surface area contributed by atoms with Crippen molar-refractivity contribution in [2.45, 2.75) is 18.9 Å². The van der Waals surface area contributed by atoms with Crippen molar-refractivity contribution in [3.05, 3.63) is 59.7 Å². The molecule has 0 bridgehead atoms. The Bertz CT molecular complexity index is 882. The minimum Gasteiger partial charge on any atom is -0.493 e. The Hall–Kier alpha value is -3.35. The second-order valence-electron chi connectivity index (χ2n) is 6.03. The van der Waals surface area contributed by atoms with Gasteiger partial charge in [0.15, 0.2) is 11.5 Å². The zero-order chi connectivity index (χ0) is 19.4. The summed E-state index contributed by atoms with van der Waals surface area (Å²) in [5, 5.41) is 7.76. The number of carbonyl (C=O) groups is 2. The number of hydrogen-bond donors (Lipinski definition) is 1. The molecule has 0 spiro atoms. The summed E-state index contributed by atoms with van der Waals surface area (Å²) in [6.45, 7) is 1.85. The molecule has 0 unspecified atom stereocenters. The van der Waals surface area contributed by atoms with Crippen LogP contribution >= 0.6 is 0 Å². The van der Waals surface area contributed by atoms with Gasteiger partial charge in [0, 0.05) is 0 Å². The number of ether oxygens (including phenoxy) is 2. The molecule has 0 saturated carbocycles. The van der Waals surface area contributed by atoms with Gasteiger partial charge in [0.25, 0.3) is 5.91 Å². The third kappa shape index (κ3) is 3.23. The van der Waals surface area contributed by atoms with Crippen LogP contribution in [0, 0.1) is 0 Å². The predicted molar refractivity (Wildman–Crippen MR) is 101 cm³/mol. The number of amides is 3. The molecule has 1 heterocycles. The van der Waals surface area contributed by atoms with E-state index in [0.29, 0.717) is 23.5 Å². The Morgan fingerprint density at radius 3 is 2.41 bits per heavy atom. The highest BCUT2D eigenvalue weighted by atomic mass is 16.5. The number of imide groups is 1. The van der Waals surface area contributed by atoms with E-state index < -0.39 is 17.5 Å². The summed E-state index contributed by atoms with van der Waals surface area (Å²) in [5.41, 5.74) is 0.296. The van der Waals surface area contributed by atoms with Crippen LogP contribution in [0.25, 0.3) is 0 Å². The molecule has 3 amide bonds. The van der Waals surface area contributed by atoms with E-state index in [1.807, 2.05) is 37.3 Å². The fourth-order valence-corrected chi connectivity index (χ4v) is 3.09. The van der Waals surface area contributed by atoms with Crippen molar-refractivity contribution in [2.24, 2.45) is 5.10 Å². The number of methoxy groups -OCH3 is 2. The lowest BCUT2D eigenvalue weighted by atomic mass is 9.87. The molecule has 1 atom stereocenters. The maximum atomic E-state index is 13.0. The van der Waals surface area contributed by atoms with Gasteiger partial charge in [0.05, 0.1) is 20.4 Å². The molecule has 3 rings (SSSR count). The van der Waals surface area contributed by atoms with Crippen molar-refractivity contribution in [1.29, 1.82) is 0 Å². The summed E-state index contributed by atoms with van der Waals surface area (Å²) < 4.78 is 10.4. The van der Waals surface area contributed by atoms with E-state index in [-0.39, 0.29) is 0 Å². The first-order valence-electron chi connectivity index (χ1n) is 8.54. The summed E-state index contributed by atoms with van der Waals surface area (Å²) in [6, 6.07) is 13.8. The first kappa shape index (κ1) is 18.4. The number of nitrogens with zero attached hydrogens (tertiary/aromatic N) is 2. The molecule has 27 heavy (non-hydrogen) atoms. The average molecular weight is 367 g/mol. The van der Waals surface area contributed by atoms with Crippen molar-refractivity contribution >= 4 is 18.2 Å². The zero-order valence-corrected chi connectivity index (χ0v) is 15.4. The molecule has 1 saturated heterocycles.